The van der Waals surface area contributed by atoms with Gasteiger partial charge in [-0.3, -0.25) is 4.98 Å². The van der Waals surface area contributed by atoms with Gasteiger partial charge in [-0.15, -0.1) is 0 Å². The Morgan fingerprint density at radius 3 is 2.75 bits per heavy atom. The van der Waals surface area contributed by atoms with Crippen molar-refractivity contribution in [1.29, 1.82) is 0 Å². The van der Waals surface area contributed by atoms with Gasteiger partial charge in [0.1, 0.15) is 11.2 Å². The molecule has 0 bridgehead atoms. The van der Waals surface area contributed by atoms with Crippen molar-refractivity contribution in [2.75, 3.05) is 0 Å². The van der Waals surface area contributed by atoms with Gasteiger partial charge in [0.05, 0.1) is 0 Å². The average Bonchev–Trinajstić information content (AvgIpc) is 2.73. The minimum atomic E-state index is 0.735. The normalized spacial score (nSPS) is 10.8. The van der Waals surface area contributed by atoms with Crippen LogP contribution in [-0.2, 0) is 0 Å². The molecule has 3 nitrogen and oxygen atoms in total. The molecular formula is C13H10N2O. The fraction of sp³-hybridized carbons (Fsp3) is 0.0769. The largest absolute Gasteiger partial charge is 0.354 e. The fourth-order valence-electron chi connectivity index (χ4n) is 1.71. The minimum absolute atomic E-state index is 0.735. The first kappa shape index (κ1) is 9.09. The van der Waals surface area contributed by atoms with Crippen molar-refractivity contribution < 1.29 is 4.52 Å². The molecule has 0 amide bonds. The van der Waals surface area contributed by atoms with Gasteiger partial charge in [0.25, 0.3) is 0 Å². The predicted octanol–water partition coefficient (Wildman–Crippen LogP) is 3.20. The van der Waals surface area contributed by atoms with E-state index in [0.717, 1.165) is 27.9 Å². The molecule has 0 aliphatic carbocycles. The van der Waals surface area contributed by atoms with Crippen molar-refractivity contribution in [3.05, 3.63) is 48.2 Å². The maximum absolute atomic E-state index is 5.27. The number of aryl methyl sites for hydroxylation is 1. The lowest BCUT2D eigenvalue weighted by molar-refractivity contribution is 0.459. The van der Waals surface area contributed by atoms with Gasteiger partial charge in [-0.05, 0) is 18.6 Å². The number of pyridine rings is 1. The van der Waals surface area contributed by atoms with Gasteiger partial charge in [0.2, 0.25) is 0 Å². The number of hydrogen-bond acceptors (Lipinski definition) is 3. The summed E-state index contributed by atoms with van der Waals surface area (Å²) in [6.07, 6.45) is 1.83. The molecule has 3 heteroatoms. The number of benzene rings is 1. The highest BCUT2D eigenvalue weighted by molar-refractivity contribution is 5.87. The van der Waals surface area contributed by atoms with Crippen molar-refractivity contribution in [2.45, 2.75) is 6.92 Å². The molecule has 0 atom stereocenters. The number of rotatable bonds is 1. The standard InChI is InChI=1S/C13H10N2O/c1-9-7-11-13(14-8-9)12(15-16-11)10-5-3-2-4-6-10/h2-8H,1H3. The lowest BCUT2D eigenvalue weighted by Crippen LogP contribution is -1.81. The molecule has 1 aromatic carbocycles. The Hall–Kier alpha value is -2.16. The van der Waals surface area contributed by atoms with Gasteiger partial charge < -0.3 is 4.52 Å². The lowest BCUT2D eigenvalue weighted by atomic mass is 10.1. The Balaban J connectivity index is 2.26. The number of nitrogens with zero attached hydrogens (tertiary/aromatic N) is 2. The van der Waals surface area contributed by atoms with E-state index in [1.807, 2.05) is 49.5 Å². The molecule has 3 aromatic rings. The molecule has 0 radical (unpaired) electrons. The Bertz CT molecular complexity index is 629. The summed E-state index contributed by atoms with van der Waals surface area (Å²) in [5.41, 5.74) is 4.45. The van der Waals surface area contributed by atoms with Crippen molar-refractivity contribution >= 4 is 11.1 Å². The van der Waals surface area contributed by atoms with Crippen LogP contribution in [0.3, 0.4) is 0 Å². The molecule has 78 valence electrons. The smallest absolute Gasteiger partial charge is 0.186 e. The van der Waals surface area contributed by atoms with Gasteiger partial charge >= 0.3 is 0 Å². The van der Waals surface area contributed by atoms with Crippen LogP contribution in [0.1, 0.15) is 5.56 Å². The van der Waals surface area contributed by atoms with Crippen LogP contribution in [-0.4, -0.2) is 10.1 Å². The fourth-order valence-corrected chi connectivity index (χ4v) is 1.71. The zero-order valence-corrected chi connectivity index (χ0v) is 8.84. The van der Waals surface area contributed by atoms with E-state index in [-0.39, 0.29) is 0 Å². The van der Waals surface area contributed by atoms with Gasteiger partial charge in [0, 0.05) is 11.8 Å². The molecule has 0 spiro atoms. The van der Waals surface area contributed by atoms with Gasteiger partial charge in [0.15, 0.2) is 5.58 Å². The molecule has 2 aromatic heterocycles. The maximum atomic E-state index is 5.27. The highest BCUT2D eigenvalue weighted by Gasteiger charge is 2.10. The zero-order valence-electron chi connectivity index (χ0n) is 8.84. The quantitative estimate of drug-likeness (QED) is 0.619. The Morgan fingerprint density at radius 2 is 1.94 bits per heavy atom. The molecular weight excluding hydrogens is 200 g/mol. The summed E-state index contributed by atoms with van der Waals surface area (Å²) in [6.45, 7) is 1.98. The Morgan fingerprint density at radius 1 is 1.12 bits per heavy atom. The van der Waals surface area contributed by atoms with Crippen LogP contribution in [0.2, 0.25) is 0 Å². The van der Waals surface area contributed by atoms with Crippen molar-refractivity contribution in [1.82, 2.24) is 10.1 Å². The first-order valence-corrected chi connectivity index (χ1v) is 5.12. The minimum Gasteiger partial charge on any atom is -0.354 e. The lowest BCUT2D eigenvalue weighted by Gasteiger charge is -1.95. The Labute approximate surface area is 92.7 Å². The molecule has 0 N–H and O–H groups in total. The van der Waals surface area contributed by atoms with E-state index in [1.165, 1.54) is 0 Å². The first-order valence-electron chi connectivity index (χ1n) is 5.12. The van der Waals surface area contributed by atoms with Crippen LogP contribution < -0.4 is 0 Å². The molecule has 3 rings (SSSR count). The second-order valence-electron chi connectivity index (χ2n) is 3.76. The second kappa shape index (κ2) is 3.45. The molecule has 0 saturated carbocycles. The van der Waals surface area contributed by atoms with Crippen molar-refractivity contribution in [3.8, 4) is 11.3 Å². The molecule has 0 saturated heterocycles. The SMILES string of the molecule is Cc1cnc2c(-c3ccccc3)noc2c1. The summed E-state index contributed by atoms with van der Waals surface area (Å²) >= 11 is 0. The van der Waals surface area contributed by atoms with Crippen LogP contribution >= 0.6 is 0 Å². The molecule has 0 aliphatic heterocycles. The number of hydrogen-bond donors (Lipinski definition) is 0. The third-order valence-electron chi connectivity index (χ3n) is 2.50. The van der Waals surface area contributed by atoms with Gasteiger partial charge in [-0.25, -0.2) is 0 Å². The predicted molar refractivity (Wildman–Crippen MR) is 62.0 cm³/mol. The van der Waals surface area contributed by atoms with E-state index < -0.39 is 0 Å². The highest BCUT2D eigenvalue weighted by atomic mass is 16.5. The van der Waals surface area contributed by atoms with E-state index in [1.54, 1.807) is 0 Å². The van der Waals surface area contributed by atoms with Crippen LogP contribution in [0.4, 0.5) is 0 Å². The molecule has 0 fully saturated rings. The summed E-state index contributed by atoms with van der Waals surface area (Å²) in [6, 6.07) is 11.9. The van der Waals surface area contributed by atoms with E-state index in [4.69, 9.17) is 4.52 Å². The third-order valence-corrected chi connectivity index (χ3v) is 2.50. The summed E-state index contributed by atoms with van der Waals surface area (Å²) in [5, 5.41) is 4.07. The summed E-state index contributed by atoms with van der Waals surface area (Å²) in [4.78, 5) is 4.36. The maximum Gasteiger partial charge on any atom is 0.186 e. The topological polar surface area (TPSA) is 38.9 Å². The second-order valence-corrected chi connectivity index (χ2v) is 3.76. The molecule has 16 heavy (non-hydrogen) atoms. The highest BCUT2D eigenvalue weighted by Crippen LogP contribution is 2.26. The molecule has 2 heterocycles. The van der Waals surface area contributed by atoms with Crippen molar-refractivity contribution in [2.24, 2.45) is 0 Å². The van der Waals surface area contributed by atoms with E-state index in [2.05, 4.69) is 10.1 Å². The third kappa shape index (κ3) is 1.37. The van der Waals surface area contributed by atoms with Crippen LogP contribution in [0.15, 0.2) is 47.1 Å². The number of fused-ring (bicyclic) bond motifs is 1. The zero-order chi connectivity index (χ0) is 11.0. The van der Waals surface area contributed by atoms with Crippen LogP contribution in [0.5, 0.6) is 0 Å². The van der Waals surface area contributed by atoms with Crippen LogP contribution in [0, 0.1) is 6.92 Å². The van der Waals surface area contributed by atoms with E-state index in [9.17, 15) is 0 Å². The first-order chi connectivity index (χ1) is 7.84. The van der Waals surface area contributed by atoms with Crippen molar-refractivity contribution in [3.63, 3.8) is 0 Å². The van der Waals surface area contributed by atoms with Crippen LogP contribution in [0.25, 0.3) is 22.4 Å². The molecule has 0 aliphatic rings. The number of aromatic nitrogens is 2. The summed E-state index contributed by atoms with van der Waals surface area (Å²) in [7, 11) is 0. The Kier molecular flexibility index (Phi) is 1.96. The average molecular weight is 210 g/mol. The summed E-state index contributed by atoms with van der Waals surface area (Å²) in [5.74, 6) is 0. The van der Waals surface area contributed by atoms with E-state index in [0.29, 0.717) is 0 Å². The summed E-state index contributed by atoms with van der Waals surface area (Å²) < 4.78 is 5.27. The van der Waals surface area contributed by atoms with Gasteiger partial charge in [-0.2, -0.15) is 0 Å². The van der Waals surface area contributed by atoms with Gasteiger partial charge in [-0.1, -0.05) is 35.5 Å². The monoisotopic (exact) mass is 210 g/mol. The molecule has 0 unspecified atom stereocenters. The van der Waals surface area contributed by atoms with E-state index >= 15 is 0 Å².